The Labute approximate surface area is 152 Å². The highest BCUT2D eigenvalue weighted by Gasteiger charge is 2.14. The zero-order chi connectivity index (χ0) is 18.7. The molecule has 0 saturated carbocycles. The normalized spacial score (nSPS) is 10.5. The molecule has 1 heterocycles. The summed E-state index contributed by atoms with van der Waals surface area (Å²) in [6.07, 6.45) is 1.54. The fraction of sp³-hybridized carbons (Fsp3) is 0.0588. The van der Waals surface area contributed by atoms with Gasteiger partial charge in [0, 0.05) is 23.9 Å². The molecule has 2 aromatic carbocycles. The van der Waals surface area contributed by atoms with Gasteiger partial charge in [-0.15, -0.1) is 0 Å². The molecule has 1 amide bonds. The predicted octanol–water partition coefficient (Wildman–Crippen LogP) is 3.88. The van der Waals surface area contributed by atoms with E-state index in [1.807, 2.05) is 0 Å². The van der Waals surface area contributed by atoms with E-state index >= 15 is 0 Å². The summed E-state index contributed by atoms with van der Waals surface area (Å²) >= 11 is 6.09. The number of nitro benzene ring substituents is 1. The maximum atomic E-state index is 12.9. The second-order valence-corrected chi connectivity index (χ2v) is 5.81. The molecule has 0 bridgehead atoms. The highest BCUT2D eigenvalue weighted by atomic mass is 35.5. The summed E-state index contributed by atoms with van der Waals surface area (Å²) in [5.41, 5.74) is 0.946. The number of halogens is 2. The summed E-state index contributed by atoms with van der Waals surface area (Å²) in [7, 11) is 0. The van der Waals surface area contributed by atoms with Gasteiger partial charge in [-0.1, -0.05) is 23.7 Å². The number of carbonyl (C=O) groups is 1. The highest BCUT2D eigenvalue weighted by molar-refractivity contribution is 6.33. The molecular formula is C17H12ClFN4O3. The fourth-order valence-electron chi connectivity index (χ4n) is 2.25. The Kier molecular flexibility index (Phi) is 4.94. The van der Waals surface area contributed by atoms with E-state index in [0.29, 0.717) is 6.54 Å². The van der Waals surface area contributed by atoms with Crippen molar-refractivity contribution in [3.8, 4) is 0 Å². The first kappa shape index (κ1) is 17.6. The molecule has 0 aliphatic rings. The van der Waals surface area contributed by atoms with Crippen molar-refractivity contribution in [2.24, 2.45) is 0 Å². The van der Waals surface area contributed by atoms with Gasteiger partial charge in [0.2, 0.25) is 0 Å². The lowest BCUT2D eigenvalue weighted by atomic mass is 10.2. The van der Waals surface area contributed by atoms with Crippen molar-refractivity contribution in [2.75, 3.05) is 5.32 Å². The second-order valence-electron chi connectivity index (χ2n) is 5.41. The van der Waals surface area contributed by atoms with E-state index in [0.717, 1.165) is 5.56 Å². The van der Waals surface area contributed by atoms with E-state index in [4.69, 9.17) is 11.6 Å². The Morgan fingerprint density at radius 3 is 2.46 bits per heavy atom. The van der Waals surface area contributed by atoms with Crippen molar-refractivity contribution in [2.45, 2.75) is 6.54 Å². The number of nitrogens with one attached hydrogen (secondary N) is 1. The number of hydrogen-bond acceptors (Lipinski definition) is 4. The van der Waals surface area contributed by atoms with Crippen molar-refractivity contribution >= 4 is 29.0 Å². The molecule has 0 atom stereocenters. The number of rotatable bonds is 5. The van der Waals surface area contributed by atoms with Gasteiger partial charge in [0.25, 0.3) is 11.6 Å². The van der Waals surface area contributed by atoms with Crippen molar-refractivity contribution < 1.29 is 14.1 Å². The van der Waals surface area contributed by atoms with E-state index in [9.17, 15) is 19.3 Å². The molecule has 3 aromatic rings. The average molecular weight is 375 g/mol. The van der Waals surface area contributed by atoms with Crippen LogP contribution in [0.1, 0.15) is 15.9 Å². The summed E-state index contributed by atoms with van der Waals surface area (Å²) in [6, 6.07) is 11.1. The maximum absolute atomic E-state index is 12.9. The summed E-state index contributed by atoms with van der Waals surface area (Å²) in [5, 5.41) is 17.6. The first-order valence-electron chi connectivity index (χ1n) is 7.45. The van der Waals surface area contributed by atoms with Crippen LogP contribution >= 0.6 is 11.6 Å². The number of hydrogen-bond donors (Lipinski definition) is 1. The van der Waals surface area contributed by atoms with Crippen molar-refractivity contribution in [1.82, 2.24) is 9.78 Å². The van der Waals surface area contributed by atoms with E-state index in [1.165, 1.54) is 47.3 Å². The Morgan fingerprint density at radius 1 is 1.19 bits per heavy atom. The zero-order valence-corrected chi connectivity index (χ0v) is 14.0. The summed E-state index contributed by atoms with van der Waals surface area (Å²) in [6.45, 7) is 0.355. The van der Waals surface area contributed by atoms with Crippen LogP contribution in [-0.2, 0) is 6.54 Å². The minimum atomic E-state index is -0.546. The Balaban J connectivity index is 1.71. The van der Waals surface area contributed by atoms with Crippen LogP contribution in [-0.4, -0.2) is 20.6 Å². The Hall–Kier alpha value is -3.26. The van der Waals surface area contributed by atoms with E-state index < -0.39 is 10.8 Å². The van der Waals surface area contributed by atoms with Crippen molar-refractivity contribution in [3.05, 3.63) is 86.8 Å². The van der Waals surface area contributed by atoms with Gasteiger partial charge in [-0.2, -0.15) is 5.10 Å². The van der Waals surface area contributed by atoms with Crippen LogP contribution in [0.25, 0.3) is 0 Å². The number of amides is 1. The van der Waals surface area contributed by atoms with Gasteiger partial charge in [-0.3, -0.25) is 19.6 Å². The topological polar surface area (TPSA) is 90.1 Å². The van der Waals surface area contributed by atoms with Crippen LogP contribution in [0.5, 0.6) is 0 Å². The third-order valence-electron chi connectivity index (χ3n) is 3.55. The van der Waals surface area contributed by atoms with Crippen LogP contribution in [0, 0.1) is 15.9 Å². The first-order chi connectivity index (χ1) is 12.4. The van der Waals surface area contributed by atoms with Gasteiger partial charge >= 0.3 is 0 Å². The van der Waals surface area contributed by atoms with Crippen LogP contribution in [0.3, 0.4) is 0 Å². The van der Waals surface area contributed by atoms with Gasteiger partial charge in [-0.25, -0.2) is 4.39 Å². The van der Waals surface area contributed by atoms with Crippen LogP contribution < -0.4 is 5.32 Å². The molecule has 1 N–H and O–H groups in total. The number of non-ortho nitro benzene ring substituents is 1. The molecule has 26 heavy (non-hydrogen) atoms. The highest BCUT2D eigenvalue weighted by Crippen LogP contribution is 2.21. The molecule has 0 fully saturated rings. The van der Waals surface area contributed by atoms with Gasteiger partial charge in [-0.05, 0) is 29.8 Å². The smallest absolute Gasteiger partial charge is 0.269 e. The fourth-order valence-corrected chi connectivity index (χ4v) is 2.45. The van der Waals surface area contributed by atoms with Gasteiger partial charge in [0.15, 0.2) is 5.82 Å². The van der Waals surface area contributed by atoms with E-state index in [2.05, 4.69) is 10.4 Å². The van der Waals surface area contributed by atoms with Crippen LogP contribution in [0.15, 0.2) is 54.7 Å². The largest absolute Gasteiger partial charge is 0.304 e. The summed E-state index contributed by atoms with van der Waals surface area (Å²) in [4.78, 5) is 22.3. The number of anilines is 1. The lowest BCUT2D eigenvalue weighted by Gasteiger charge is -2.03. The number of nitro groups is 1. The van der Waals surface area contributed by atoms with E-state index in [1.54, 1.807) is 12.1 Å². The third kappa shape index (κ3) is 4.04. The third-order valence-corrected chi connectivity index (χ3v) is 3.82. The van der Waals surface area contributed by atoms with Crippen molar-refractivity contribution in [1.29, 1.82) is 0 Å². The molecule has 0 radical (unpaired) electrons. The number of carbonyl (C=O) groups excluding carboxylic acids is 1. The first-order valence-corrected chi connectivity index (χ1v) is 7.83. The molecule has 9 heteroatoms. The number of aromatic nitrogens is 2. The van der Waals surface area contributed by atoms with Gasteiger partial charge in [0.05, 0.1) is 11.5 Å². The average Bonchev–Trinajstić information content (AvgIpc) is 2.96. The molecule has 0 aliphatic carbocycles. The number of benzene rings is 2. The molecule has 7 nitrogen and oxygen atoms in total. The maximum Gasteiger partial charge on any atom is 0.269 e. The standard InChI is InChI=1S/C17H12ClFN4O3/c18-15-10-22(9-11-1-5-13(19)6-2-11)21-16(15)20-17(24)12-3-7-14(8-4-12)23(25)26/h1-8,10H,9H2,(H,20,21,24). The minimum Gasteiger partial charge on any atom is -0.304 e. The van der Waals surface area contributed by atoms with E-state index in [-0.39, 0.29) is 27.9 Å². The molecule has 3 rings (SSSR count). The predicted molar refractivity (Wildman–Crippen MR) is 93.8 cm³/mol. The lowest BCUT2D eigenvalue weighted by molar-refractivity contribution is -0.384. The molecule has 0 spiro atoms. The summed E-state index contributed by atoms with van der Waals surface area (Å²) in [5.74, 6) is -0.658. The van der Waals surface area contributed by atoms with Gasteiger partial charge < -0.3 is 5.32 Å². The molecule has 0 unspecified atom stereocenters. The zero-order valence-electron chi connectivity index (χ0n) is 13.2. The summed E-state index contributed by atoms with van der Waals surface area (Å²) < 4.78 is 14.5. The SMILES string of the molecule is O=C(Nc1nn(Cc2ccc(F)cc2)cc1Cl)c1ccc([N+](=O)[O-])cc1. The second kappa shape index (κ2) is 7.32. The van der Waals surface area contributed by atoms with Gasteiger partial charge in [0.1, 0.15) is 10.8 Å². The van der Waals surface area contributed by atoms with Crippen molar-refractivity contribution in [3.63, 3.8) is 0 Å². The molecule has 132 valence electrons. The monoisotopic (exact) mass is 374 g/mol. The molecule has 0 saturated heterocycles. The van der Waals surface area contributed by atoms with Crippen LogP contribution in [0.2, 0.25) is 5.02 Å². The van der Waals surface area contributed by atoms with Crippen LogP contribution in [0.4, 0.5) is 15.9 Å². The quantitative estimate of drug-likeness (QED) is 0.542. The lowest BCUT2D eigenvalue weighted by Crippen LogP contribution is -2.13. The Bertz CT molecular complexity index is 955. The molecular weight excluding hydrogens is 363 g/mol. The Morgan fingerprint density at radius 2 is 1.85 bits per heavy atom. The number of nitrogens with zero attached hydrogens (tertiary/aromatic N) is 3. The molecule has 0 aliphatic heterocycles. The minimum absolute atomic E-state index is 0.108. The molecule has 1 aromatic heterocycles.